The lowest BCUT2D eigenvalue weighted by Gasteiger charge is -2.28. The molecule has 1 aromatic rings. The maximum Gasteiger partial charge on any atom is 0.261 e. The number of rotatable bonds is 2. The van der Waals surface area contributed by atoms with E-state index in [0.717, 1.165) is 36.1 Å². The summed E-state index contributed by atoms with van der Waals surface area (Å²) in [6, 6.07) is 1.65. The van der Waals surface area contributed by atoms with E-state index in [4.69, 9.17) is 5.11 Å². The number of aliphatic hydroxyl groups excluding tert-OH is 2. The molecule has 1 fully saturated rings. The van der Waals surface area contributed by atoms with E-state index in [-0.39, 0.29) is 18.6 Å². The van der Waals surface area contributed by atoms with Crippen molar-refractivity contribution in [1.82, 2.24) is 5.32 Å². The molecule has 1 aliphatic carbocycles. The van der Waals surface area contributed by atoms with Gasteiger partial charge < -0.3 is 15.5 Å². The van der Waals surface area contributed by atoms with E-state index >= 15 is 0 Å². The molecule has 0 bridgehead atoms. The van der Waals surface area contributed by atoms with Crippen LogP contribution in [0.5, 0.6) is 0 Å². The number of carbonyl (C=O) groups excluding carboxylic acids is 1. The smallest absolute Gasteiger partial charge is 0.261 e. The number of nitrogens with one attached hydrogen (secondary N) is 1. The van der Waals surface area contributed by atoms with E-state index in [2.05, 4.69) is 17.2 Å². The highest BCUT2D eigenvalue weighted by molar-refractivity contribution is 7.14. The van der Waals surface area contributed by atoms with Crippen molar-refractivity contribution in [1.29, 1.82) is 0 Å². The number of thiophene rings is 1. The summed E-state index contributed by atoms with van der Waals surface area (Å²) >= 11 is 1.32. The van der Waals surface area contributed by atoms with Crippen LogP contribution in [0.3, 0.4) is 0 Å². The number of amides is 1. The molecule has 1 heterocycles. The van der Waals surface area contributed by atoms with Crippen LogP contribution in [0, 0.1) is 18.8 Å². The van der Waals surface area contributed by atoms with Crippen LogP contribution in [0.15, 0.2) is 6.07 Å². The molecule has 5 heteroatoms. The SMILES string of the molecule is Cc1cc(C(=O)NC2CCCCC2O)sc1C#CCO. The van der Waals surface area contributed by atoms with Gasteiger partial charge in [-0.25, -0.2) is 0 Å². The molecular formula is C15H19NO3S. The Morgan fingerprint density at radius 1 is 1.50 bits per heavy atom. The Hall–Kier alpha value is -1.35. The van der Waals surface area contributed by atoms with Gasteiger partial charge in [-0.05, 0) is 31.4 Å². The molecule has 0 radical (unpaired) electrons. The van der Waals surface area contributed by atoms with E-state index in [1.165, 1.54) is 11.3 Å². The first-order valence-corrected chi connectivity index (χ1v) is 7.62. The van der Waals surface area contributed by atoms with Crippen LogP contribution >= 0.6 is 11.3 Å². The quantitative estimate of drug-likeness (QED) is 0.723. The van der Waals surface area contributed by atoms with Crippen LogP contribution in [0.4, 0.5) is 0 Å². The van der Waals surface area contributed by atoms with E-state index in [0.29, 0.717) is 4.88 Å². The molecule has 1 saturated carbocycles. The average molecular weight is 293 g/mol. The van der Waals surface area contributed by atoms with Crippen LogP contribution in [0.2, 0.25) is 0 Å². The van der Waals surface area contributed by atoms with Gasteiger partial charge in [-0.15, -0.1) is 11.3 Å². The highest BCUT2D eigenvalue weighted by atomic mass is 32.1. The zero-order valence-corrected chi connectivity index (χ0v) is 12.3. The van der Waals surface area contributed by atoms with Crippen LogP contribution in [0.25, 0.3) is 0 Å². The highest BCUT2D eigenvalue weighted by Gasteiger charge is 2.25. The molecule has 1 amide bonds. The lowest BCUT2D eigenvalue weighted by Crippen LogP contribution is -2.44. The third-order valence-corrected chi connectivity index (χ3v) is 4.62. The number of carbonyl (C=O) groups is 1. The van der Waals surface area contributed by atoms with Gasteiger partial charge in [0.1, 0.15) is 6.61 Å². The van der Waals surface area contributed by atoms with Gasteiger partial charge in [0.2, 0.25) is 0 Å². The fraction of sp³-hybridized carbons (Fsp3) is 0.533. The summed E-state index contributed by atoms with van der Waals surface area (Å²) in [7, 11) is 0. The van der Waals surface area contributed by atoms with Crippen LogP contribution < -0.4 is 5.32 Å². The predicted octanol–water partition coefficient (Wildman–Crippen LogP) is 1.43. The van der Waals surface area contributed by atoms with Gasteiger partial charge in [-0.1, -0.05) is 24.7 Å². The predicted molar refractivity (Wildman–Crippen MR) is 78.7 cm³/mol. The molecule has 0 spiro atoms. The number of aryl methyl sites for hydroxylation is 1. The van der Waals surface area contributed by atoms with Crippen molar-refractivity contribution < 1.29 is 15.0 Å². The normalized spacial score (nSPS) is 21.9. The molecule has 0 aliphatic heterocycles. The molecule has 0 saturated heterocycles. The molecule has 4 nitrogen and oxygen atoms in total. The fourth-order valence-electron chi connectivity index (χ4n) is 2.36. The van der Waals surface area contributed by atoms with Crippen molar-refractivity contribution in [3.8, 4) is 11.8 Å². The Morgan fingerprint density at radius 2 is 2.25 bits per heavy atom. The molecule has 2 atom stereocenters. The lowest BCUT2D eigenvalue weighted by molar-refractivity contribution is 0.0720. The van der Waals surface area contributed by atoms with Gasteiger partial charge >= 0.3 is 0 Å². The molecule has 3 N–H and O–H groups in total. The zero-order valence-electron chi connectivity index (χ0n) is 11.5. The molecule has 108 valence electrons. The van der Waals surface area contributed by atoms with Crippen molar-refractivity contribution in [3.05, 3.63) is 21.4 Å². The standard InChI is InChI=1S/C15H19NO3S/c1-10-9-14(20-13(10)7-4-8-17)15(19)16-11-5-2-3-6-12(11)18/h9,11-12,17-18H,2-3,5-6,8H2,1H3,(H,16,19). The minimum Gasteiger partial charge on any atom is -0.391 e. The van der Waals surface area contributed by atoms with Gasteiger partial charge in [0, 0.05) is 0 Å². The Labute approximate surface area is 122 Å². The summed E-state index contributed by atoms with van der Waals surface area (Å²) in [5, 5.41) is 21.5. The highest BCUT2D eigenvalue weighted by Crippen LogP contribution is 2.23. The Balaban J connectivity index is 2.05. The first-order valence-electron chi connectivity index (χ1n) is 6.81. The van der Waals surface area contributed by atoms with Crippen molar-refractivity contribution in [2.75, 3.05) is 6.61 Å². The molecule has 20 heavy (non-hydrogen) atoms. The summed E-state index contributed by atoms with van der Waals surface area (Å²) in [5.74, 6) is 5.28. The third kappa shape index (κ3) is 3.60. The largest absolute Gasteiger partial charge is 0.391 e. The Kier molecular flexibility index (Phi) is 5.18. The van der Waals surface area contributed by atoms with Crippen molar-refractivity contribution >= 4 is 17.2 Å². The Bertz CT molecular complexity index is 541. The van der Waals surface area contributed by atoms with E-state index < -0.39 is 6.10 Å². The Morgan fingerprint density at radius 3 is 2.95 bits per heavy atom. The van der Waals surface area contributed by atoms with Crippen molar-refractivity contribution in [3.63, 3.8) is 0 Å². The van der Waals surface area contributed by atoms with E-state index in [1.807, 2.05) is 6.92 Å². The topological polar surface area (TPSA) is 69.6 Å². The van der Waals surface area contributed by atoms with Crippen molar-refractivity contribution in [2.45, 2.75) is 44.8 Å². The van der Waals surface area contributed by atoms with E-state index in [9.17, 15) is 9.90 Å². The summed E-state index contributed by atoms with van der Waals surface area (Å²) in [5.41, 5.74) is 0.935. The number of hydrogen-bond acceptors (Lipinski definition) is 4. The second-order valence-corrected chi connectivity index (χ2v) is 6.07. The number of aliphatic hydroxyl groups is 2. The molecule has 1 aliphatic rings. The zero-order chi connectivity index (χ0) is 14.5. The van der Waals surface area contributed by atoms with Crippen LogP contribution in [-0.4, -0.2) is 34.9 Å². The van der Waals surface area contributed by atoms with Gasteiger partial charge in [-0.2, -0.15) is 0 Å². The van der Waals surface area contributed by atoms with Gasteiger partial charge in [0.15, 0.2) is 0 Å². The molecule has 1 aromatic heterocycles. The van der Waals surface area contributed by atoms with Gasteiger partial charge in [-0.3, -0.25) is 4.79 Å². The summed E-state index contributed by atoms with van der Waals surface area (Å²) in [6.45, 7) is 1.71. The molecule has 2 rings (SSSR count). The summed E-state index contributed by atoms with van der Waals surface area (Å²) in [6.07, 6.45) is 3.20. The molecule has 0 aromatic carbocycles. The minimum atomic E-state index is -0.442. The maximum absolute atomic E-state index is 12.2. The summed E-state index contributed by atoms with van der Waals surface area (Å²) < 4.78 is 0. The molecule has 2 unspecified atom stereocenters. The monoisotopic (exact) mass is 293 g/mol. The first-order chi connectivity index (χ1) is 9.61. The fourth-order valence-corrected chi connectivity index (χ4v) is 3.31. The summed E-state index contributed by atoms with van der Waals surface area (Å²) in [4.78, 5) is 13.6. The third-order valence-electron chi connectivity index (χ3n) is 3.47. The maximum atomic E-state index is 12.2. The molecular weight excluding hydrogens is 274 g/mol. The minimum absolute atomic E-state index is 0.148. The second-order valence-electron chi connectivity index (χ2n) is 5.01. The van der Waals surface area contributed by atoms with E-state index in [1.54, 1.807) is 6.07 Å². The first kappa shape index (κ1) is 15.0. The van der Waals surface area contributed by atoms with Gasteiger partial charge in [0.05, 0.1) is 21.9 Å². The van der Waals surface area contributed by atoms with Crippen LogP contribution in [-0.2, 0) is 0 Å². The second kappa shape index (κ2) is 6.89. The average Bonchev–Trinajstić information content (AvgIpc) is 2.80. The van der Waals surface area contributed by atoms with Crippen LogP contribution in [0.1, 0.15) is 45.8 Å². The van der Waals surface area contributed by atoms with Gasteiger partial charge in [0.25, 0.3) is 5.91 Å². The number of hydrogen-bond donors (Lipinski definition) is 3. The van der Waals surface area contributed by atoms with Crippen molar-refractivity contribution in [2.24, 2.45) is 0 Å². The lowest BCUT2D eigenvalue weighted by atomic mass is 9.92.